The van der Waals surface area contributed by atoms with Crippen molar-refractivity contribution in [1.82, 2.24) is 5.32 Å². The number of rotatable bonds is 2. The topological polar surface area (TPSA) is 49.4 Å². The second kappa shape index (κ2) is 4.94. The van der Waals surface area contributed by atoms with Gasteiger partial charge in [0.2, 0.25) is 5.91 Å². The highest BCUT2D eigenvalue weighted by Crippen LogP contribution is 2.44. The third kappa shape index (κ3) is 1.89. The predicted octanol–water partition coefficient (Wildman–Crippen LogP) is 2.18. The Morgan fingerprint density at radius 2 is 1.86 bits per heavy atom. The van der Waals surface area contributed by atoms with E-state index in [1.807, 2.05) is 6.07 Å². The van der Waals surface area contributed by atoms with Crippen molar-refractivity contribution in [3.63, 3.8) is 0 Å². The van der Waals surface area contributed by atoms with Crippen molar-refractivity contribution in [2.75, 3.05) is 11.9 Å². The van der Waals surface area contributed by atoms with Crippen LogP contribution in [-0.4, -0.2) is 18.9 Å². The van der Waals surface area contributed by atoms with Gasteiger partial charge in [-0.15, -0.1) is 0 Å². The fraction of sp³-hybridized carbons (Fsp3) is 0.176. The molecule has 5 heteroatoms. The highest BCUT2D eigenvalue weighted by molar-refractivity contribution is 6.11. The molecule has 1 aliphatic rings. The van der Waals surface area contributed by atoms with Crippen LogP contribution in [-0.2, 0) is 15.1 Å². The summed E-state index contributed by atoms with van der Waals surface area (Å²) in [4.78, 5) is 26.1. The van der Waals surface area contributed by atoms with Gasteiger partial charge in [-0.3, -0.25) is 9.59 Å². The number of nitrogens with zero attached hydrogens (tertiary/aromatic N) is 1. The van der Waals surface area contributed by atoms with Gasteiger partial charge >= 0.3 is 0 Å². The van der Waals surface area contributed by atoms with Gasteiger partial charge in [0.1, 0.15) is 5.82 Å². The lowest BCUT2D eigenvalue weighted by atomic mass is 9.83. The molecule has 3 rings (SSSR count). The van der Waals surface area contributed by atoms with E-state index >= 15 is 0 Å². The summed E-state index contributed by atoms with van der Waals surface area (Å²) < 4.78 is 13.8. The highest BCUT2D eigenvalue weighted by Gasteiger charge is 2.52. The van der Waals surface area contributed by atoms with Crippen LogP contribution in [0.2, 0.25) is 0 Å². The minimum Gasteiger partial charge on any atom is -0.335 e. The summed E-state index contributed by atoms with van der Waals surface area (Å²) in [6, 6.07) is 13.0. The standard InChI is InChI=1S/C17H15FN2O2/c1-11(21)19-17(12-6-4-3-5-7-12)14-10-13(18)8-9-15(14)20(2)16(17)22/h3-10H,1-2H3,(H,19,21). The lowest BCUT2D eigenvalue weighted by molar-refractivity contribution is -0.128. The van der Waals surface area contributed by atoms with Crippen molar-refractivity contribution in [3.8, 4) is 0 Å². The van der Waals surface area contributed by atoms with Crippen molar-refractivity contribution in [2.45, 2.75) is 12.5 Å². The molecule has 1 atom stereocenters. The average molecular weight is 298 g/mol. The minimum absolute atomic E-state index is 0.311. The van der Waals surface area contributed by atoms with E-state index in [9.17, 15) is 14.0 Å². The van der Waals surface area contributed by atoms with Crippen LogP contribution in [0.1, 0.15) is 18.1 Å². The van der Waals surface area contributed by atoms with Gasteiger partial charge in [0.25, 0.3) is 5.91 Å². The molecule has 0 spiro atoms. The molecular formula is C17H15FN2O2. The molecule has 1 N–H and O–H groups in total. The van der Waals surface area contributed by atoms with E-state index in [1.54, 1.807) is 37.4 Å². The molecule has 1 heterocycles. The molecule has 1 aliphatic heterocycles. The van der Waals surface area contributed by atoms with Gasteiger partial charge in [-0.25, -0.2) is 4.39 Å². The Bertz CT molecular complexity index is 761. The zero-order valence-corrected chi connectivity index (χ0v) is 12.3. The van der Waals surface area contributed by atoms with Crippen LogP contribution < -0.4 is 10.2 Å². The maximum Gasteiger partial charge on any atom is 0.261 e. The summed E-state index contributed by atoms with van der Waals surface area (Å²) in [6.45, 7) is 1.34. The van der Waals surface area contributed by atoms with Gasteiger partial charge in [-0.2, -0.15) is 0 Å². The molecule has 0 aliphatic carbocycles. The fourth-order valence-corrected chi connectivity index (χ4v) is 3.00. The molecule has 0 saturated heterocycles. The first-order chi connectivity index (χ1) is 10.5. The first kappa shape index (κ1) is 14.3. The molecule has 22 heavy (non-hydrogen) atoms. The molecule has 2 aromatic carbocycles. The lowest BCUT2D eigenvalue weighted by Crippen LogP contribution is -2.52. The Balaban J connectivity index is 2.33. The van der Waals surface area contributed by atoms with Gasteiger partial charge in [-0.1, -0.05) is 30.3 Å². The van der Waals surface area contributed by atoms with E-state index in [-0.39, 0.29) is 11.8 Å². The molecule has 0 bridgehead atoms. The Labute approximate surface area is 127 Å². The molecule has 2 aromatic rings. The van der Waals surface area contributed by atoms with Crippen LogP contribution in [0, 0.1) is 5.82 Å². The summed E-state index contributed by atoms with van der Waals surface area (Å²) in [7, 11) is 1.62. The van der Waals surface area contributed by atoms with E-state index < -0.39 is 11.4 Å². The first-order valence-electron chi connectivity index (χ1n) is 6.89. The Hall–Kier alpha value is -2.69. The summed E-state index contributed by atoms with van der Waals surface area (Å²) >= 11 is 0. The van der Waals surface area contributed by atoms with Crippen molar-refractivity contribution >= 4 is 17.5 Å². The molecule has 0 radical (unpaired) electrons. The molecular weight excluding hydrogens is 283 g/mol. The van der Waals surface area contributed by atoms with Gasteiger partial charge in [0, 0.05) is 19.5 Å². The highest BCUT2D eigenvalue weighted by atomic mass is 19.1. The zero-order valence-electron chi connectivity index (χ0n) is 12.3. The third-order valence-corrected chi connectivity index (χ3v) is 3.92. The number of carbonyl (C=O) groups is 2. The summed E-state index contributed by atoms with van der Waals surface area (Å²) in [5, 5.41) is 2.74. The molecule has 4 nitrogen and oxygen atoms in total. The number of likely N-dealkylation sites (N-methyl/N-ethyl adjacent to an activating group) is 1. The van der Waals surface area contributed by atoms with E-state index in [2.05, 4.69) is 5.32 Å². The smallest absolute Gasteiger partial charge is 0.261 e. The number of halogens is 1. The van der Waals surface area contributed by atoms with Crippen molar-refractivity contribution in [2.24, 2.45) is 0 Å². The molecule has 0 aromatic heterocycles. The number of benzene rings is 2. The van der Waals surface area contributed by atoms with Crippen molar-refractivity contribution in [1.29, 1.82) is 0 Å². The zero-order chi connectivity index (χ0) is 15.9. The number of hydrogen-bond donors (Lipinski definition) is 1. The normalized spacial score (nSPS) is 20.0. The number of fused-ring (bicyclic) bond motifs is 1. The van der Waals surface area contributed by atoms with Crippen molar-refractivity contribution < 1.29 is 14.0 Å². The van der Waals surface area contributed by atoms with Gasteiger partial charge in [0.15, 0.2) is 5.54 Å². The monoisotopic (exact) mass is 298 g/mol. The molecule has 112 valence electrons. The Morgan fingerprint density at radius 1 is 1.18 bits per heavy atom. The SMILES string of the molecule is CC(=O)NC1(c2ccccc2)C(=O)N(C)c2ccc(F)cc21. The second-order valence-electron chi connectivity index (χ2n) is 5.32. The van der Waals surface area contributed by atoms with Crippen LogP contribution in [0.4, 0.5) is 10.1 Å². The van der Waals surface area contributed by atoms with Crippen LogP contribution >= 0.6 is 0 Å². The van der Waals surface area contributed by atoms with E-state index in [0.717, 1.165) is 0 Å². The van der Waals surface area contributed by atoms with Crippen LogP contribution in [0.25, 0.3) is 0 Å². The van der Waals surface area contributed by atoms with Crippen LogP contribution in [0.15, 0.2) is 48.5 Å². The molecule has 0 saturated carbocycles. The summed E-state index contributed by atoms with van der Waals surface area (Å²) in [6.07, 6.45) is 0. The fourth-order valence-electron chi connectivity index (χ4n) is 3.00. The van der Waals surface area contributed by atoms with Gasteiger partial charge in [0.05, 0.1) is 5.69 Å². The maximum atomic E-state index is 13.8. The average Bonchev–Trinajstić information content (AvgIpc) is 2.70. The minimum atomic E-state index is -1.39. The van der Waals surface area contributed by atoms with Crippen LogP contribution in [0.5, 0.6) is 0 Å². The maximum absolute atomic E-state index is 13.8. The number of anilines is 1. The van der Waals surface area contributed by atoms with E-state index in [4.69, 9.17) is 0 Å². The van der Waals surface area contributed by atoms with Crippen LogP contribution in [0.3, 0.4) is 0 Å². The molecule has 2 amide bonds. The number of amides is 2. The largest absolute Gasteiger partial charge is 0.335 e. The summed E-state index contributed by atoms with van der Waals surface area (Å²) in [5.74, 6) is -1.12. The van der Waals surface area contributed by atoms with E-state index in [0.29, 0.717) is 16.8 Å². The molecule has 1 unspecified atom stereocenters. The summed E-state index contributed by atoms with van der Waals surface area (Å²) in [5.41, 5.74) is 0.246. The Kier molecular flexibility index (Phi) is 3.20. The lowest BCUT2D eigenvalue weighted by Gasteiger charge is -2.29. The van der Waals surface area contributed by atoms with Gasteiger partial charge in [-0.05, 0) is 23.8 Å². The number of nitrogens with one attached hydrogen (secondary N) is 1. The first-order valence-corrected chi connectivity index (χ1v) is 6.89. The number of carbonyl (C=O) groups excluding carboxylic acids is 2. The molecule has 0 fully saturated rings. The van der Waals surface area contributed by atoms with Crippen molar-refractivity contribution in [3.05, 3.63) is 65.5 Å². The van der Waals surface area contributed by atoms with E-state index in [1.165, 1.54) is 24.0 Å². The van der Waals surface area contributed by atoms with Gasteiger partial charge < -0.3 is 10.2 Å². The number of hydrogen-bond acceptors (Lipinski definition) is 2. The predicted molar refractivity (Wildman–Crippen MR) is 80.8 cm³/mol. The quantitative estimate of drug-likeness (QED) is 0.924. The second-order valence-corrected chi connectivity index (χ2v) is 5.32. The third-order valence-electron chi connectivity index (χ3n) is 3.92. The Morgan fingerprint density at radius 3 is 2.50 bits per heavy atom.